The lowest BCUT2D eigenvalue weighted by Crippen LogP contribution is -2.68. The fourth-order valence-electron chi connectivity index (χ4n) is 4.20. The van der Waals surface area contributed by atoms with E-state index in [2.05, 4.69) is 19.8 Å². The predicted molar refractivity (Wildman–Crippen MR) is 99.7 cm³/mol. The second kappa shape index (κ2) is 6.85. The molecule has 154 valence electrons. The van der Waals surface area contributed by atoms with Gasteiger partial charge in [0.1, 0.15) is 17.2 Å². The summed E-state index contributed by atoms with van der Waals surface area (Å²) in [6, 6.07) is 3.18. The van der Waals surface area contributed by atoms with Gasteiger partial charge in [0, 0.05) is 25.2 Å². The summed E-state index contributed by atoms with van der Waals surface area (Å²) in [5.41, 5.74) is -0.547. The van der Waals surface area contributed by atoms with Crippen LogP contribution in [0.3, 0.4) is 0 Å². The molecule has 3 aliphatic rings. The van der Waals surface area contributed by atoms with Crippen LogP contribution in [-0.4, -0.2) is 57.7 Å². The first-order valence-electron chi connectivity index (χ1n) is 9.42. The van der Waals surface area contributed by atoms with Gasteiger partial charge < -0.3 is 4.98 Å². The van der Waals surface area contributed by atoms with Gasteiger partial charge in [-0.1, -0.05) is 25.4 Å². The number of alkyl halides is 3. The van der Waals surface area contributed by atoms with E-state index in [0.29, 0.717) is 29.9 Å². The molecule has 2 atom stereocenters. The molecule has 0 radical (unpaired) electrons. The molecule has 4 heterocycles. The molecule has 0 saturated carbocycles. The Morgan fingerprint density at radius 3 is 2.54 bits per heavy atom. The van der Waals surface area contributed by atoms with Crippen molar-refractivity contribution in [1.29, 1.82) is 0 Å². The van der Waals surface area contributed by atoms with Crippen molar-refractivity contribution in [2.24, 2.45) is 5.41 Å². The maximum atomic E-state index is 13.5. The third-order valence-electron chi connectivity index (χ3n) is 6.11. The van der Waals surface area contributed by atoms with Gasteiger partial charge in [-0.2, -0.15) is 13.2 Å². The lowest BCUT2D eigenvalue weighted by molar-refractivity contribution is -0.217. The average Bonchev–Trinajstić information content (AvgIpc) is 2.96. The van der Waals surface area contributed by atoms with E-state index in [1.165, 1.54) is 26.0 Å². The Labute approximate surface area is 165 Å². The Balaban J connectivity index is 1.35. The molecule has 0 spiro atoms. The summed E-state index contributed by atoms with van der Waals surface area (Å²) < 4.78 is 52.7. The molecular formula is C19H23ClF4N4. The van der Waals surface area contributed by atoms with Crippen LogP contribution >= 0.6 is 11.6 Å². The minimum atomic E-state index is -4.18. The van der Waals surface area contributed by atoms with E-state index < -0.39 is 17.4 Å². The number of H-pyrrole nitrogens is 1. The minimum absolute atomic E-state index is 0.108. The minimum Gasteiger partial charge on any atom is -0.341 e. The molecule has 2 unspecified atom stereocenters. The first kappa shape index (κ1) is 19.9. The van der Waals surface area contributed by atoms with Crippen LogP contribution in [0.4, 0.5) is 17.6 Å². The molecule has 9 heteroatoms. The second-order valence-electron chi connectivity index (χ2n) is 8.57. The number of rotatable bonds is 5. The number of aromatic nitrogens is 2. The fraction of sp³-hybridized carbons (Fsp3) is 0.632. The summed E-state index contributed by atoms with van der Waals surface area (Å²) in [6.45, 7) is 5.18. The summed E-state index contributed by atoms with van der Waals surface area (Å²) in [5.74, 6) is 0.304. The predicted octanol–water partition coefficient (Wildman–Crippen LogP) is 4.59. The van der Waals surface area contributed by atoms with Crippen molar-refractivity contribution in [2.45, 2.75) is 51.5 Å². The van der Waals surface area contributed by atoms with Crippen LogP contribution in [0, 0.1) is 11.2 Å². The number of hydrogen-bond donors (Lipinski definition) is 1. The Bertz CT molecular complexity index is 867. The van der Waals surface area contributed by atoms with E-state index in [0.717, 1.165) is 19.5 Å². The van der Waals surface area contributed by atoms with Gasteiger partial charge in [0.25, 0.3) is 0 Å². The lowest BCUT2D eigenvalue weighted by atomic mass is 9.83. The van der Waals surface area contributed by atoms with Gasteiger partial charge >= 0.3 is 6.18 Å². The molecular weight excluding hydrogens is 396 g/mol. The average molecular weight is 419 g/mol. The summed E-state index contributed by atoms with van der Waals surface area (Å²) in [6.07, 6.45) is -3.04. The number of imidazole rings is 1. The number of piperidine rings is 1. The monoisotopic (exact) mass is 418 g/mol. The Kier molecular flexibility index (Phi) is 4.87. The third kappa shape index (κ3) is 3.62. The number of halogens is 5. The zero-order valence-electron chi connectivity index (χ0n) is 15.8. The third-order valence-corrected chi connectivity index (χ3v) is 6.40. The quantitative estimate of drug-likeness (QED) is 0.721. The highest BCUT2D eigenvalue weighted by Crippen LogP contribution is 2.42. The number of nitrogens with zero attached hydrogens (tertiary/aromatic N) is 3. The van der Waals surface area contributed by atoms with E-state index in [9.17, 15) is 17.6 Å². The highest BCUT2D eigenvalue weighted by Gasteiger charge is 2.49. The highest BCUT2D eigenvalue weighted by molar-refractivity contribution is 6.34. The van der Waals surface area contributed by atoms with Gasteiger partial charge in [-0.05, 0) is 31.5 Å². The number of nitrogens with one attached hydrogen (secondary N) is 1. The summed E-state index contributed by atoms with van der Waals surface area (Å²) in [4.78, 5) is 12.0. The molecule has 3 fully saturated rings. The van der Waals surface area contributed by atoms with Gasteiger partial charge in [-0.15, -0.1) is 0 Å². The number of fused-ring (bicyclic) bond motifs is 3. The number of hydrogen-bond acceptors (Lipinski definition) is 3. The topological polar surface area (TPSA) is 35.2 Å². The molecule has 28 heavy (non-hydrogen) atoms. The van der Waals surface area contributed by atoms with E-state index in [4.69, 9.17) is 11.6 Å². The van der Waals surface area contributed by atoms with Crippen molar-refractivity contribution in [3.63, 3.8) is 0 Å². The maximum Gasteiger partial charge on any atom is 0.394 e. The van der Waals surface area contributed by atoms with Crippen molar-refractivity contribution in [3.05, 3.63) is 28.8 Å². The van der Waals surface area contributed by atoms with Crippen LogP contribution in [0.5, 0.6) is 0 Å². The molecule has 1 N–H and O–H groups in total. The lowest BCUT2D eigenvalue weighted by Gasteiger charge is -2.57. The SMILES string of the molecule is CC(C)(CCN1C2CC1CN(Cc1nc3c(Cl)cc(F)cc3[nH]1)C2)C(F)(F)F. The van der Waals surface area contributed by atoms with Crippen molar-refractivity contribution >= 4 is 22.6 Å². The van der Waals surface area contributed by atoms with Crippen molar-refractivity contribution in [3.8, 4) is 0 Å². The van der Waals surface area contributed by atoms with Crippen LogP contribution in [-0.2, 0) is 6.54 Å². The van der Waals surface area contributed by atoms with Crippen LogP contribution in [0.1, 0.15) is 32.5 Å². The fourth-order valence-corrected chi connectivity index (χ4v) is 4.45. The smallest absolute Gasteiger partial charge is 0.341 e. The van der Waals surface area contributed by atoms with Gasteiger partial charge in [0.05, 0.1) is 22.5 Å². The van der Waals surface area contributed by atoms with Crippen molar-refractivity contribution < 1.29 is 17.6 Å². The van der Waals surface area contributed by atoms with Crippen LogP contribution in [0.25, 0.3) is 11.0 Å². The summed E-state index contributed by atoms with van der Waals surface area (Å²) in [7, 11) is 0. The molecule has 1 aromatic carbocycles. The first-order valence-corrected chi connectivity index (χ1v) is 9.80. The van der Waals surface area contributed by atoms with Crippen LogP contribution in [0.15, 0.2) is 12.1 Å². The second-order valence-corrected chi connectivity index (χ2v) is 8.98. The number of aromatic amines is 1. The summed E-state index contributed by atoms with van der Waals surface area (Å²) in [5, 5.41) is 0.275. The Hall–Kier alpha value is -1.38. The van der Waals surface area contributed by atoms with Crippen molar-refractivity contribution in [1.82, 2.24) is 19.8 Å². The van der Waals surface area contributed by atoms with E-state index >= 15 is 0 Å². The van der Waals surface area contributed by atoms with Crippen LogP contribution < -0.4 is 0 Å². The maximum absolute atomic E-state index is 13.5. The van der Waals surface area contributed by atoms with E-state index in [1.807, 2.05) is 0 Å². The molecule has 5 rings (SSSR count). The number of benzene rings is 1. The molecule has 0 aliphatic carbocycles. The Morgan fingerprint density at radius 2 is 1.89 bits per heavy atom. The van der Waals surface area contributed by atoms with E-state index in [1.54, 1.807) is 0 Å². The molecule has 1 aromatic heterocycles. The molecule has 2 bridgehead atoms. The largest absolute Gasteiger partial charge is 0.394 e. The normalized spacial score (nSPS) is 24.0. The molecule has 0 amide bonds. The first-order chi connectivity index (χ1) is 13.0. The standard InChI is InChI=1S/C19H23ClF4N4/c1-18(2,19(22,23)24)3-4-28-12-7-13(28)9-27(8-12)10-16-25-15-6-11(21)5-14(20)17(15)26-16/h5-6,12-13H,3-4,7-10H2,1-2H3,(H,25,26). The van der Waals surface area contributed by atoms with Gasteiger partial charge in [-0.3, -0.25) is 9.80 Å². The number of piperazine rings is 1. The Morgan fingerprint density at radius 1 is 1.21 bits per heavy atom. The van der Waals surface area contributed by atoms with Gasteiger partial charge in [0.15, 0.2) is 0 Å². The van der Waals surface area contributed by atoms with Gasteiger partial charge in [-0.25, -0.2) is 9.37 Å². The molecule has 3 aliphatic heterocycles. The van der Waals surface area contributed by atoms with E-state index in [-0.39, 0.29) is 23.5 Å². The molecule has 2 aromatic rings. The van der Waals surface area contributed by atoms with Gasteiger partial charge in [0.2, 0.25) is 0 Å². The van der Waals surface area contributed by atoms with Crippen LogP contribution in [0.2, 0.25) is 5.02 Å². The zero-order valence-corrected chi connectivity index (χ0v) is 16.5. The molecule has 4 nitrogen and oxygen atoms in total. The highest BCUT2D eigenvalue weighted by atomic mass is 35.5. The molecule has 3 saturated heterocycles. The van der Waals surface area contributed by atoms with Crippen molar-refractivity contribution in [2.75, 3.05) is 19.6 Å². The zero-order chi connectivity index (χ0) is 20.3. The summed E-state index contributed by atoms with van der Waals surface area (Å²) >= 11 is 6.05.